The average molecular weight is 1010 g/mol. The number of nitrogens with one attached hydrogen (secondary N) is 8. The maximum Gasteiger partial charge on any atom is 0.245 e. The molecule has 0 unspecified atom stereocenters. The summed E-state index contributed by atoms with van der Waals surface area (Å²) in [7, 11) is 1.16. The van der Waals surface area contributed by atoms with Crippen molar-refractivity contribution < 1.29 is 67.7 Å². The third-order valence-electron chi connectivity index (χ3n) is 11.4. The molecule has 26 heteroatoms. The molecule has 1 fully saturated rings. The highest BCUT2D eigenvalue weighted by Gasteiger charge is 2.36. The molecule has 1 heterocycles. The van der Waals surface area contributed by atoms with E-state index in [1.807, 2.05) is 0 Å². The summed E-state index contributed by atoms with van der Waals surface area (Å²) in [5, 5.41) is 39.2. The number of amides is 12. The van der Waals surface area contributed by atoms with Crippen LogP contribution in [-0.4, -0.2) is 149 Å². The molecule has 0 aromatic heterocycles. The van der Waals surface area contributed by atoms with Crippen molar-refractivity contribution >= 4 is 70.9 Å². The lowest BCUT2D eigenvalue weighted by atomic mass is 9.96. The summed E-state index contributed by atoms with van der Waals surface area (Å²) in [4.78, 5) is 160. The van der Waals surface area contributed by atoms with Gasteiger partial charge in [-0.3, -0.25) is 57.5 Å². The molecule has 0 saturated carbocycles. The normalized spacial score (nSPS) is 20.3. The Morgan fingerprint density at radius 2 is 1.22 bits per heavy atom. The Morgan fingerprint density at radius 1 is 0.694 bits per heavy atom. The van der Waals surface area contributed by atoms with Crippen LogP contribution in [0.15, 0.2) is 48.5 Å². The van der Waals surface area contributed by atoms with E-state index < -0.39 is 171 Å². The number of primary amides is 3. The summed E-state index contributed by atoms with van der Waals surface area (Å²) < 4.78 is 0. The van der Waals surface area contributed by atoms with Gasteiger partial charge in [0, 0.05) is 39.2 Å². The first-order chi connectivity index (χ1) is 33.9. The zero-order chi connectivity index (χ0) is 53.7. The molecule has 1 aliphatic rings. The molecule has 26 nitrogen and oxygen atoms in total. The maximum absolute atomic E-state index is 14.1. The van der Waals surface area contributed by atoms with Crippen molar-refractivity contribution in [1.82, 2.24) is 47.4 Å². The van der Waals surface area contributed by atoms with E-state index >= 15 is 0 Å². The van der Waals surface area contributed by atoms with Crippen LogP contribution in [0.2, 0.25) is 0 Å². The molecule has 1 saturated heterocycles. The van der Waals surface area contributed by atoms with Gasteiger partial charge in [0.2, 0.25) is 70.9 Å². The predicted octanol–water partition coefficient (Wildman–Crippen LogP) is -4.66. The summed E-state index contributed by atoms with van der Waals surface area (Å²) in [6.45, 7) is 1.32. The minimum absolute atomic E-state index is 0.0745. The second kappa shape index (κ2) is 28.4. The van der Waals surface area contributed by atoms with Crippen LogP contribution in [0.1, 0.15) is 69.9 Å². The fourth-order valence-electron chi connectivity index (χ4n) is 7.17. The van der Waals surface area contributed by atoms with Crippen LogP contribution in [0.25, 0.3) is 0 Å². The zero-order valence-electron chi connectivity index (χ0n) is 40.1. The minimum atomic E-state index is -1.67. The number of aromatic hydroxyl groups is 2. The van der Waals surface area contributed by atoms with E-state index in [-0.39, 0.29) is 24.3 Å². The molecule has 1 aliphatic heterocycles. The molecule has 3 rings (SSSR count). The first-order valence-corrected chi connectivity index (χ1v) is 23.0. The number of hydrogen-bond donors (Lipinski definition) is 13. The van der Waals surface area contributed by atoms with Gasteiger partial charge in [-0.25, -0.2) is 0 Å². The first-order valence-electron chi connectivity index (χ1n) is 23.0. The highest BCUT2D eigenvalue weighted by Crippen LogP contribution is 2.15. The molecule has 16 N–H and O–H groups in total. The fraction of sp³-hybridized carbons (Fsp3) is 0.478. The van der Waals surface area contributed by atoms with Gasteiger partial charge in [0.05, 0.1) is 19.6 Å². The van der Waals surface area contributed by atoms with E-state index in [4.69, 9.17) is 17.2 Å². The molecule has 72 heavy (non-hydrogen) atoms. The zero-order valence-corrected chi connectivity index (χ0v) is 40.1. The number of phenolic OH excluding ortho intramolecular Hbond substituents is 2. The topological polar surface area (TPSA) is 423 Å². The Balaban J connectivity index is 2.02. The summed E-state index contributed by atoms with van der Waals surface area (Å²) in [6.07, 6.45) is -2.87. The first kappa shape index (κ1) is 58.0. The van der Waals surface area contributed by atoms with Crippen molar-refractivity contribution in [3.63, 3.8) is 0 Å². The van der Waals surface area contributed by atoms with E-state index in [9.17, 15) is 67.7 Å². The van der Waals surface area contributed by atoms with E-state index in [1.54, 1.807) is 13.8 Å². The lowest BCUT2D eigenvalue weighted by Gasteiger charge is -2.30. The molecule has 0 bridgehead atoms. The predicted molar refractivity (Wildman–Crippen MR) is 254 cm³/mol. The number of carbonyl (C=O) groups is 12. The van der Waals surface area contributed by atoms with E-state index in [0.29, 0.717) is 17.5 Å². The third kappa shape index (κ3) is 20.0. The largest absolute Gasteiger partial charge is 0.508 e. The molecule has 2 aromatic rings. The number of nitrogens with two attached hydrogens (primary N) is 3. The number of carbonyl (C=O) groups excluding carboxylic acids is 12. The lowest BCUT2D eigenvalue weighted by Crippen LogP contribution is -2.61. The molecular weight excluding hydrogens is 945 g/mol. The summed E-state index contributed by atoms with van der Waals surface area (Å²) in [6, 6.07) is 2.34. The van der Waals surface area contributed by atoms with Crippen molar-refractivity contribution in [2.75, 3.05) is 26.7 Å². The number of phenols is 2. The average Bonchev–Trinajstić information content (AvgIpc) is 3.32. The van der Waals surface area contributed by atoms with Crippen molar-refractivity contribution in [3.05, 3.63) is 59.7 Å². The van der Waals surface area contributed by atoms with Crippen LogP contribution in [0.5, 0.6) is 11.5 Å². The third-order valence-corrected chi connectivity index (χ3v) is 11.4. The molecule has 0 radical (unpaired) electrons. The van der Waals surface area contributed by atoms with Gasteiger partial charge in [0.1, 0.15) is 47.8 Å². The molecule has 0 spiro atoms. The molecular formula is C46H64N12O14. The highest BCUT2D eigenvalue weighted by atomic mass is 16.3. The SMILES string of the molecule is CC[C@H](C)[C@@H]1NC(=O)[C@H](Cc2ccc(O)cc2)NC(=O)CNC(=O)CC[C@@H](C(=O)N(C)CC(=O)N[C@@H](Cc2ccc(O)cc2)C(=O)NCC(N)=O)NC(=O)[C@H](CCC(N)=O)NC(=O)[C@H](CCC(N)=O)NC1=O. The molecule has 0 aliphatic carbocycles. The molecule has 392 valence electrons. The highest BCUT2D eigenvalue weighted by molar-refractivity contribution is 5.98. The van der Waals surface area contributed by atoms with Crippen LogP contribution in [0.4, 0.5) is 0 Å². The van der Waals surface area contributed by atoms with Crippen molar-refractivity contribution in [2.45, 2.75) is 108 Å². The van der Waals surface area contributed by atoms with Crippen LogP contribution < -0.4 is 59.7 Å². The second-order valence-corrected chi connectivity index (χ2v) is 17.2. The second-order valence-electron chi connectivity index (χ2n) is 17.2. The number of rotatable bonds is 19. The number of likely N-dealkylation sites (N-methyl/N-ethyl adjacent to an activating group) is 1. The van der Waals surface area contributed by atoms with Crippen LogP contribution in [0.3, 0.4) is 0 Å². The Morgan fingerprint density at radius 3 is 1.76 bits per heavy atom. The van der Waals surface area contributed by atoms with Crippen molar-refractivity contribution in [1.29, 1.82) is 0 Å². The fourth-order valence-corrected chi connectivity index (χ4v) is 7.17. The summed E-state index contributed by atoms with van der Waals surface area (Å²) in [5.74, 6) is -11.7. The Labute approximate surface area is 414 Å². The Hall–Kier alpha value is -8.32. The Kier molecular flexibility index (Phi) is 22.9. The quantitative estimate of drug-likeness (QED) is 0.0630. The molecule has 2 aromatic carbocycles. The minimum Gasteiger partial charge on any atom is -0.508 e. The number of nitrogens with zero attached hydrogens (tertiary/aromatic N) is 1. The number of hydrogen-bond acceptors (Lipinski definition) is 14. The van der Waals surface area contributed by atoms with Gasteiger partial charge in [0.25, 0.3) is 0 Å². The van der Waals surface area contributed by atoms with E-state index in [1.165, 1.54) is 48.5 Å². The van der Waals surface area contributed by atoms with Gasteiger partial charge < -0.3 is 74.8 Å². The molecule has 7 atom stereocenters. The monoisotopic (exact) mass is 1010 g/mol. The van der Waals surface area contributed by atoms with Crippen molar-refractivity contribution in [2.24, 2.45) is 23.1 Å². The van der Waals surface area contributed by atoms with Crippen molar-refractivity contribution in [3.8, 4) is 11.5 Å². The summed E-state index contributed by atoms with van der Waals surface area (Å²) >= 11 is 0. The van der Waals surface area contributed by atoms with Gasteiger partial charge in [-0.05, 0) is 60.6 Å². The van der Waals surface area contributed by atoms with Gasteiger partial charge in [-0.1, -0.05) is 44.5 Å². The van der Waals surface area contributed by atoms with Gasteiger partial charge in [0.15, 0.2) is 0 Å². The van der Waals surface area contributed by atoms with E-state index in [2.05, 4.69) is 42.5 Å². The maximum atomic E-state index is 14.1. The number of benzene rings is 2. The lowest BCUT2D eigenvalue weighted by molar-refractivity contribution is -0.140. The summed E-state index contributed by atoms with van der Waals surface area (Å²) in [5.41, 5.74) is 16.9. The van der Waals surface area contributed by atoms with Gasteiger partial charge >= 0.3 is 0 Å². The Bertz CT molecular complexity index is 2310. The molecule has 12 amide bonds. The van der Waals surface area contributed by atoms with Crippen LogP contribution in [0, 0.1) is 5.92 Å². The van der Waals surface area contributed by atoms with Gasteiger partial charge in [-0.2, -0.15) is 0 Å². The van der Waals surface area contributed by atoms with Crippen LogP contribution in [-0.2, 0) is 70.4 Å². The standard InChI is InChI=1S/C46H64N12O14/c1-4-24(2)40-45(71)55-30(14-17-35(48)62)42(68)54-29(13-16-34(47)61)43(69)56-31(15-18-37(64)50-22-38(65)52-33(44(70)57-40)20-26-7-11-28(60)12-8-26)46(72)58(3)23-39(66)53-32(41(67)51-21-36(49)63)19-25-5-9-27(59)10-6-25/h5-12,24,29-33,40,59-60H,4,13-23H2,1-3H3,(H2,47,61)(H2,48,62)(H2,49,63)(H,50,64)(H,51,67)(H,52,65)(H,53,66)(H,54,68)(H,55,71)(H,56,69)(H,57,70)/t24-,29-,30-,31-,32-,33-,40-/m0/s1. The van der Waals surface area contributed by atoms with Gasteiger partial charge in [-0.15, -0.1) is 0 Å². The van der Waals surface area contributed by atoms with E-state index in [0.717, 1.165) is 11.9 Å². The van der Waals surface area contributed by atoms with Crippen LogP contribution >= 0.6 is 0 Å². The smallest absolute Gasteiger partial charge is 0.245 e.